The molecule has 0 unspecified atom stereocenters. The Labute approximate surface area is 125 Å². The van der Waals surface area contributed by atoms with Crippen molar-refractivity contribution in [3.8, 4) is 11.4 Å². The topological polar surface area (TPSA) is 80.8 Å². The lowest BCUT2D eigenvalue weighted by Gasteiger charge is -2.13. The van der Waals surface area contributed by atoms with Crippen molar-refractivity contribution in [2.45, 2.75) is 6.54 Å². The first kappa shape index (κ1) is 13.4. The Morgan fingerprint density at radius 1 is 1.24 bits per heavy atom. The van der Waals surface area contributed by atoms with Crippen LogP contribution in [0.3, 0.4) is 0 Å². The van der Waals surface area contributed by atoms with E-state index in [4.69, 9.17) is 16.1 Å². The summed E-state index contributed by atoms with van der Waals surface area (Å²) in [5.41, 5.74) is 0.804. The second-order valence-electron chi connectivity index (χ2n) is 4.31. The van der Waals surface area contributed by atoms with E-state index in [9.17, 15) is 0 Å². The van der Waals surface area contributed by atoms with E-state index in [-0.39, 0.29) is 0 Å². The predicted octanol–water partition coefficient (Wildman–Crippen LogP) is 2.21. The Morgan fingerprint density at radius 3 is 2.76 bits per heavy atom. The lowest BCUT2D eigenvalue weighted by atomic mass is 10.3. The van der Waals surface area contributed by atoms with Crippen LogP contribution in [0.5, 0.6) is 0 Å². The maximum Gasteiger partial charge on any atom is 0.246 e. The molecule has 3 aromatic heterocycles. The molecule has 0 fully saturated rings. The fourth-order valence-electron chi connectivity index (χ4n) is 1.71. The molecular weight excluding hydrogens is 292 g/mol. The molecule has 3 heterocycles. The van der Waals surface area contributed by atoms with Gasteiger partial charge in [-0.25, -0.2) is 9.97 Å². The number of pyridine rings is 1. The van der Waals surface area contributed by atoms with Crippen molar-refractivity contribution >= 4 is 17.5 Å². The van der Waals surface area contributed by atoms with Gasteiger partial charge in [-0.15, -0.1) is 0 Å². The normalized spacial score (nSPS) is 10.6. The van der Waals surface area contributed by atoms with E-state index in [1.54, 1.807) is 17.3 Å². The summed E-state index contributed by atoms with van der Waals surface area (Å²) in [6.45, 7) is 0.398. The van der Waals surface area contributed by atoms with Crippen LogP contribution < -0.4 is 4.90 Å². The minimum atomic E-state index is 0.398. The van der Waals surface area contributed by atoms with Crippen LogP contribution in [-0.4, -0.2) is 32.1 Å². The summed E-state index contributed by atoms with van der Waals surface area (Å²) in [5, 5.41) is 4.42. The highest BCUT2D eigenvalue weighted by Crippen LogP contribution is 2.16. The second-order valence-corrected chi connectivity index (χ2v) is 4.75. The van der Waals surface area contributed by atoms with Gasteiger partial charge in [0.25, 0.3) is 0 Å². The predicted molar refractivity (Wildman–Crippen MR) is 76.7 cm³/mol. The summed E-state index contributed by atoms with van der Waals surface area (Å²) < 4.78 is 5.22. The van der Waals surface area contributed by atoms with E-state index in [0.717, 1.165) is 5.56 Å². The molecule has 7 nitrogen and oxygen atoms in total. The van der Waals surface area contributed by atoms with Crippen molar-refractivity contribution in [3.63, 3.8) is 0 Å². The highest BCUT2D eigenvalue weighted by Gasteiger charge is 2.12. The monoisotopic (exact) mass is 302 g/mol. The van der Waals surface area contributed by atoms with Crippen LogP contribution in [0, 0.1) is 0 Å². The minimum Gasteiger partial charge on any atom is -0.337 e. The van der Waals surface area contributed by atoms with Crippen LogP contribution in [0.4, 0.5) is 5.95 Å². The second kappa shape index (κ2) is 5.84. The van der Waals surface area contributed by atoms with Gasteiger partial charge in [-0.05, 0) is 12.1 Å². The Bertz CT molecular complexity index is 715. The number of nitrogens with zero attached hydrogens (tertiary/aromatic N) is 6. The molecule has 0 aliphatic rings. The number of anilines is 1. The van der Waals surface area contributed by atoms with E-state index in [0.29, 0.717) is 29.2 Å². The van der Waals surface area contributed by atoms with Gasteiger partial charge in [0.1, 0.15) is 0 Å². The molecule has 0 radical (unpaired) electrons. The number of aromatic nitrogens is 5. The molecule has 3 rings (SSSR count). The first-order valence-corrected chi connectivity index (χ1v) is 6.52. The molecule has 0 aromatic carbocycles. The van der Waals surface area contributed by atoms with E-state index < -0.39 is 0 Å². The summed E-state index contributed by atoms with van der Waals surface area (Å²) in [4.78, 5) is 18.4. The van der Waals surface area contributed by atoms with Crippen molar-refractivity contribution in [1.29, 1.82) is 0 Å². The Morgan fingerprint density at radius 2 is 2.05 bits per heavy atom. The van der Waals surface area contributed by atoms with Crippen molar-refractivity contribution < 1.29 is 4.52 Å². The molecule has 0 saturated heterocycles. The highest BCUT2D eigenvalue weighted by molar-refractivity contribution is 6.30. The van der Waals surface area contributed by atoms with Gasteiger partial charge in [0, 0.05) is 25.0 Å². The zero-order chi connectivity index (χ0) is 14.7. The maximum atomic E-state index is 5.76. The van der Waals surface area contributed by atoms with Crippen molar-refractivity contribution in [2.24, 2.45) is 0 Å². The molecule has 0 saturated carbocycles. The van der Waals surface area contributed by atoms with Crippen LogP contribution in [0.25, 0.3) is 11.4 Å². The number of halogens is 1. The van der Waals surface area contributed by atoms with Crippen LogP contribution >= 0.6 is 11.6 Å². The molecule has 0 bridgehead atoms. The van der Waals surface area contributed by atoms with Gasteiger partial charge in [0.15, 0.2) is 0 Å². The fraction of sp³-hybridized carbons (Fsp3) is 0.154. The molecule has 0 atom stereocenters. The maximum absolute atomic E-state index is 5.76. The van der Waals surface area contributed by atoms with Crippen molar-refractivity contribution in [3.05, 3.63) is 47.8 Å². The van der Waals surface area contributed by atoms with E-state index >= 15 is 0 Å². The molecule has 0 amide bonds. The standard InChI is InChI=1S/C13H11ClN6O/c1-20(13-16-6-10(14)7-17-13)8-11-18-12(19-21-11)9-3-2-4-15-5-9/h2-7H,8H2,1H3. The van der Waals surface area contributed by atoms with E-state index in [1.165, 1.54) is 12.4 Å². The molecule has 0 aliphatic carbocycles. The summed E-state index contributed by atoms with van der Waals surface area (Å²) in [6, 6.07) is 3.69. The van der Waals surface area contributed by atoms with Gasteiger partial charge in [0.05, 0.1) is 24.0 Å². The molecule has 0 aliphatic heterocycles. The van der Waals surface area contributed by atoms with Crippen LogP contribution in [-0.2, 0) is 6.54 Å². The third kappa shape index (κ3) is 3.14. The number of hydrogen-bond acceptors (Lipinski definition) is 7. The van der Waals surface area contributed by atoms with Crippen LogP contribution in [0.2, 0.25) is 5.02 Å². The Balaban J connectivity index is 1.74. The van der Waals surface area contributed by atoms with Gasteiger partial charge in [-0.3, -0.25) is 4.98 Å². The average Bonchev–Trinajstić information content (AvgIpc) is 2.97. The van der Waals surface area contributed by atoms with Gasteiger partial charge >= 0.3 is 0 Å². The summed E-state index contributed by atoms with van der Waals surface area (Å²) in [7, 11) is 1.83. The Hall–Kier alpha value is -2.54. The molecule has 0 N–H and O–H groups in total. The molecule has 0 spiro atoms. The van der Waals surface area contributed by atoms with Crippen molar-refractivity contribution in [1.82, 2.24) is 25.1 Å². The molecule has 21 heavy (non-hydrogen) atoms. The van der Waals surface area contributed by atoms with Gasteiger partial charge in [0.2, 0.25) is 17.7 Å². The molecule has 3 aromatic rings. The van der Waals surface area contributed by atoms with Crippen LogP contribution in [0.1, 0.15) is 5.89 Å². The third-order valence-electron chi connectivity index (χ3n) is 2.71. The fourth-order valence-corrected chi connectivity index (χ4v) is 1.81. The number of rotatable bonds is 4. The zero-order valence-corrected chi connectivity index (χ0v) is 11.9. The van der Waals surface area contributed by atoms with E-state index in [2.05, 4.69) is 25.1 Å². The van der Waals surface area contributed by atoms with Gasteiger partial charge in [-0.1, -0.05) is 16.8 Å². The largest absolute Gasteiger partial charge is 0.337 e. The smallest absolute Gasteiger partial charge is 0.246 e. The van der Waals surface area contributed by atoms with Crippen LogP contribution in [0.15, 0.2) is 41.4 Å². The SMILES string of the molecule is CN(Cc1nc(-c2cccnc2)no1)c1ncc(Cl)cn1. The minimum absolute atomic E-state index is 0.398. The number of hydrogen-bond donors (Lipinski definition) is 0. The molecular formula is C13H11ClN6O. The zero-order valence-electron chi connectivity index (χ0n) is 11.1. The summed E-state index contributed by atoms with van der Waals surface area (Å²) in [5.74, 6) is 1.50. The lowest BCUT2D eigenvalue weighted by molar-refractivity contribution is 0.378. The average molecular weight is 303 g/mol. The first-order valence-electron chi connectivity index (χ1n) is 6.14. The summed E-state index contributed by atoms with van der Waals surface area (Å²) >= 11 is 5.76. The molecule has 106 valence electrons. The first-order chi connectivity index (χ1) is 10.2. The van der Waals surface area contributed by atoms with E-state index in [1.807, 2.05) is 19.2 Å². The van der Waals surface area contributed by atoms with Crippen molar-refractivity contribution in [2.75, 3.05) is 11.9 Å². The van der Waals surface area contributed by atoms with Gasteiger partial charge < -0.3 is 9.42 Å². The molecule has 8 heteroatoms. The quantitative estimate of drug-likeness (QED) is 0.730. The highest BCUT2D eigenvalue weighted by atomic mass is 35.5. The lowest BCUT2D eigenvalue weighted by Crippen LogP contribution is -2.19. The third-order valence-corrected chi connectivity index (χ3v) is 2.90. The Kier molecular flexibility index (Phi) is 3.74. The summed E-state index contributed by atoms with van der Waals surface area (Å²) in [6.07, 6.45) is 6.45. The van der Waals surface area contributed by atoms with Gasteiger partial charge in [-0.2, -0.15) is 4.98 Å².